The molecular formula is C15H11N2O4. The Labute approximate surface area is 120 Å². The Kier molecular flexibility index (Phi) is 4.72. The van der Waals surface area contributed by atoms with Crippen molar-refractivity contribution >= 4 is 12.4 Å². The van der Waals surface area contributed by atoms with Gasteiger partial charge in [0.1, 0.15) is 11.8 Å². The SMILES string of the molecule is N#Cc1cccc(C([C]=O)NC(=O)OCc2ccco2)c1. The molecule has 105 valence electrons. The van der Waals surface area contributed by atoms with Crippen molar-refractivity contribution in [3.63, 3.8) is 0 Å². The minimum absolute atomic E-state index is 0.0390. The van der Waals surface area contributed by atoms with Crippen molar-refractivity contribution in [1.29, 1.82) is 5.26 Å². The van der Waals surface area contributed by atoms with Crippen LogP contribution >= 0.6 is 0 Å². The van der Waals surface area contributed by atoms with Crippen molar-refractivity contribution in [2.75, 3.05) is 0 Å². The van der Waals surface area contributed by atoms with Crippen LogP contribution in [0.1, 0.15) is 22.9 Å². The monoisotopic (exact) mass is 283 g/mol. The Balaban J connectivity index is 1.96. The van der Waals surface area contributed by atoms with Crippen LogP contribution in [-0.2, 0) is 16.1 Å². The van der Waals surface area contributed by atoms with Gasteiger partial charge in [0.05, 0.1) is 17.9 Å². The van der Waals surface area contributed by atoms with Crippen LogP contribution in [0, 0.1) is 11.3 Å². The van der Waals surface area contributed by atoms with E-state index in [4.69, 9.17) is 14.4 Å². The number of nitrogens with zero attached hydrogens (tertiary/aromatic N) is 1. The molecule has 2 aromatic rings. The lowest BCUT2D eigenvalue weighted by Gasteiger charge is -2.12. The number of rotatable bonds is 5. The summed E-state index contributed by atoms with van der Waals surface area (Å²) < 4.78 is 9.92. The molecule has 1 N–H and O–H groups in total. The first-order chi connectivity index (χ1) is 10.2. The number of amides is 1. The normalized spacial score (nSPS) is 11.2. The molecule has 1 heterocycles. The van der Waals surface area contributed by atoms with E-state index in [1.165, 1.54) is 12.3 Å². The van der Waals surface area contributed by atoms with Crippen molar-refractivity contribution in [1.82, 2.24) is 5.32 Å². The van der Waals surface area contributed by atoms with Gasteiger partial charge in [0.2, 0.25) is 6.29 Å². The fourth-order valence-electron chi connectivity index (χ4n) is 1.66. The number of carbonyl (C=O) groups excluding carboxylic acids is 2. The van der Waals surface area contributed by atoms with E-state index in [1.807, 2.05) is 6.07 Å². The van der Waals surface area contributed by atoms with Gasteiger partial charge in [-0.1, -0.05) is 12.1 Å². The van der Waals surface area contributed by atoms with Crippen LogP contribution in [0.2, 0.25) is 0 Å². The first-order valence-corrected chi connectivity index (χ1v) is 6.06. The Hall–Kier alpha value is -3.07. The number of nitriles is 1. The topological polar surface area (TPSA) is 92.3 Å². The molecule has 6 heteroatoms. The average Bonchev–Trinajstić information content (AvgIpc) is 3.04. The molecule has 2 rings (SSSR count). The highest BCUT2D eigenvalue weighted by Gasteiger charge is 2.16. The van der Waals surface area contributed by atoms with E-state index < -0.39 is 12.1 Å². The fraction of sp³-hybridized carbons (Fsp3) is 0.133. The minimum Gasteiger partial charge on any atom is -0.466 e. The highest BCUT2D eigenvalue weighted by Crippen LogP contribution is 2.13. The lowest BCUT2D eigenvalue weighted by atomic mass is 10.1. The molecule has 0 saturated carbocycles. The largest absolute Gasteiger partial charge is 0.466 e. The van der Waals surface area contributed by atoms with Crippen LogP contribution in [-0.4, -0.2) is 12.4 Å². The van der Waals surface area contributed by atoms with Crippen LogP contribution < -0.4 is 5.32 Å². The summed E-state index contributed by atoms with van der Waals surface area (Å²) in [4.78, 5) is 22.6. The summed E-state index contributed by atoms with van der Waals surface area (Å²) >= 11 is 0. The van der Waals surface area contributed by atoms with Gasteiger partial charge < -0.3 is 14.5 Å². The number of nitrogens with one attached hydrogen (secondary N) is 1. The Bertz CT molecular complexity index is 659. The zero-order valence-electron chi connectivity index (χ0n) is 10.9. The summed E-state index contributed by atoms with van der Waals surface area (Å²) in [6, 6.07) is 10.6. The quantitative estimate of drug-likeness (QED) is 0.908. The molecule has 1 aromatic heterocycles. The van der Waals surface area contributed by atoms with Crippen LogP contribution in [0.15, 0.2) is 47.1 Å². The second-order valence-corrected chi connectivity index (χ2v) is 4.09. The molecular weight excluding hydrogens is 272 g/mol. The molecule has 0 spiro atoms. The van der Waals surface area contributed by atoms with Gasteiger partial charge in [-0.2, -0.15) is 5.26 Å². The Morgan fingerprint density at radius 1 is 1.38 bits per heavy atom. The van der Waals surface area contributed by atoms with Gasteiger partial charge in [-0.05, 0) is 29.8 Å². The van der Waals surface area contributed by atoms with Crippen LogP contribution in [0.4, 0.5) is 4.79 Å². The molecule has 21 heavy (non-hydrogen) atoms. The fourth-order valence-corrected chi connectivity index (χ4v) is 1.66. The van der Waals surface area contributed by atoms with Crippen LogP contribution in [0.3, 0.4) is 0 Å². The van der Waals surface area contributed by atoms with Gasteiger partial charge in [0.25, 0.3) is 0 Å². The summed E-state index contributed by atoms with van der Waals surface area (Å²) in [7, 11) is 0. The van der Waals surface area contributed by atoms with E-state index in [0.717, 1.165) is 0 Å². The molecule has 6 nitrogen and oxygen atoms in total. The molecule has 1 aromatic carbocycles. The number of ether oxygens (including phenoxy) is 1. The Morgan fingerprint density at radius 2 is 2.24 bits per heavy atom. The minimum atomic E-state index is -0.998. The molecule has 1 radical (unpaired) electrons. The maximum Gasteiger partial charge on any atom is 0.408 e. The van der Waals surface area contributed by atoms with E-state index in [0.29, 0.717) is 16.9 Å². The molecule has 0 aliphatic rings. The van der Waals surface area contributed by atoms with E-state index >= 15 is 0 Å². The van der Waals surface area contributed by atoms with E-state index in [-0.39, 0.29) is 6.61 Å². The van der Waals surface area contributed by atoms with Gasteiger partial charge in [-0.3, -0.25) is 4.79 Å². The van der Waals surface area contributed by atoms with Crippen molar-refractivity contribution in [2.45, 2.75) is 12.6 Å². The zero-order valence-corrected chi connectivity index (χ0v) is 10.9. The maximum atomic E-state index is 11.6. The maximum absolute atomic E-state index is 11.6. The smallest absolute Gasteiger partial charge is 0.408 e. The summed E-state index contributed by atoms with van der Waals surface area (Å²) in [6.45, 7) is -0.0390. The van der Waals surface area contributed by atoms with Gasteiger partial charge in [0, 0.05) is 0 Å². The van der Waals surface area contributed by atoms with Crippen molar-refractivity contribution in [3.8, 4) is 6.07 Å². The molecule has 0 aliphatic carbocycles. The lowest BCUT2D eigenvalue weighted by molar-refractivity contribution is 0.129. The van der Waals surface area contributed by atoms with Crippen molar-refractivity contribution in [3.05, 3.63) is 59.5 Å². The van der Waals surface area contributed by atoms with Crippen molar-refractivity contribution < 1.29 is 18.7 Å². The number of carbonyl (C=O) groups is 1. The summed E-state index contributed by atoms with van der Waals surface area (Å²) in [5, 5.41) is 11.2. The number of hydrogen-bond acceptors (Lipinski definition) is 5. The number of alkyl carbamates (subject to hydrolysis) is 1. The highest BCUT2D eigenvalue weighted by molar-refractivity contribution is 5.74. The molecule has 0 fully saturated rings. The standard InChI is InChI=1S/C15H11N2O4/c16-8-11-3-1-4-12(7-11)14(9-18)17-15(19)21-10-13-5-2-6-20-13/h1-7,14H,10H2,(H,17,19). The van der Waals surface area contributed by atoms with Gasteiger partial charge in [-0.25, -0.2) is 4.79 Å². The summed E-state index contributed by atoms with van der Waals surface area (Å²) in [6.07, 6.45) is 2.39. The third-order valence-corrected chi connectivity index (χ3v) is 2.65. The summed E-state index contributed by atoms with van der Waals surface area (Å²) in [5.74, 6) is 0.489. The molecule has 1 atom stereocenters. The van der Waals surface area contributed by atoms with E-state index in [2.05, 4.69) is 5.32 Å². The number of hydrogen-bond donors (Lipinski definition) is 1. The molecule has 0 bridgehead atoms. The molecule has 0 saturated heterocycles. The van der Waals surface area contributed by atoms with E-state index in [1.54, 1.807) is 36.6 Å². The second kappa shape index (κ2) is 6.91. The van der Waals surface area contributed by atoms with Gasteiger partial charge in [0.15, 0.2) is 6.61 Å². The third kappa shape index (κ3) is 3.94. The highest BCUT2D eigenvalue weighted by atomic mass is 16.6. The number of furan rings is 1. The van der Waals surface area contributed by atoms with Gasteiger partial charge in [-0.15, -0.1) is 0 Å². The second-order valence-electron chi connectivity index (χ2n) is 4.09. The molecule has 1 amide bonds. The van der Waals surface area contributed by atoms with E-state index in [9.17, 15) is 9.59 Å². The van der Waals surface area contributed by atoms with Crippen LogP contribution in [0.25, 0.3) is 0 Å². The average molecular weight is 283 g/mol. The molecule has 0 aliphatic heterocycles. The molecule has 1 unspecified atom stereocenters. The third-order valence-electron chi connectivity index (χ3n) is 2.65. The summed E-state index contributed by atoms with van der Waals surface area (Å²) in [5.41, 5.74) is 0.845. The van der Waals surface area contributed by atoms with Crippen molar-refractivity contribution in [2.24, 2.45) is 0 Å². The van der Waals surface area contributed by atoms with Crippen LogP contribution in [0.5, 0.6) is 0 Å². The number of benzene rings is 1. The Morgan fingerprint density at radius 3 is 2.90 bits per heavy atom. The lowest BCUT2D eigenvalue weighted by Crippen LogP contribution is -2.30. The predicted octanol–water partition coefficient (Wildman–Crippen LogP) is 2.23. The predicted molar refractivity (Wildman–Crippen MR) is 71.6 cm³/mol. The first kappa shape index (κ1) is 14.3. The first-order valence-electron chi connectivity index (χ1n) is 6.06. The zero-order chi connectivity index (χ0) is 15.1. The van der Waals surface area contributed by atoms with Gasteiger partial charge >= 0.3 is 6.09 Å².